The molecular weight excluding hydrogens is 224 g/mol. The van der Waals surface area contributed by atoms with Gasteiger partial charge in [-0.2, -0.15) is 0 Å². The first-order valence-corrected chi connectivity index (χ1v) is 6.75. The van der Waals surface area contributed by atoms with Crippen molar-refractivity contribution in [3.63, 3.8) is 0 Å². The number of benzene rings is 1. The Kier molecular flexibility index (Phi) is 4.02. The van der Waals surface area contributed by atoms with Crippen molar-refractivity contribution in [2.45, 2.75) is 38.6 Å². The van der Waals surface area contributed by atoms with E-state index in [2.05, 4.69) is 12.2 Å². The Hall–Kier alpha value is -1.35. The maximum absolute atomic E-state index is 12.0. The van der Waals surface area contributed by atoms with E-state index in [4.69, 9.17) is 5.73 Å². The third-order valence-corrected chi connectivity index (χ3v) is 4.24. The molecular formula is C15H22N2O. The predicted molar refractivity (Wildman–Crippen MR) is 73.0 cm³/mol. The fraction of sp³-hybridized carbons (Fsp3) is 0.533. The summed E-state index contributed by atoms with van der Waals surface area (Å²) in [5.41, 5.74) is 7.17. The van der Waals surface area contributed by atoms with Gasteiger partial charge >= 0.3 is 0 Å². The lowest BCUT2D eigenvalue weighted by Crippen LogP contribution is -2.44. The van der Waals surface area contributed by atoms with E-state index in [0.717, 1.165) is 18.5 Å². The normalized spacial score (nSPS) is 18.8. The van der Waals surface area contributed by atoms with Crippen molar-refractivity contribution in [1.29, 1.82) is 0 Å². The van der Waals surface area contributed by atoms with Crippen molar-refractivity contribution in [3.05, 3.63) is 35.9 Å². The fourth-order valence-corrected chi connectivity index (χ4v) is 2.53. The zero-order chi connectivity index (χ0) is 13.0. The molecule has 0 saturated heterocycles. The molecule has 1 atom stereocenters. The van der Waals surface area contributed by atoms with Crippen LogP contribution in [0, 0.1) is 5.41 Å². The van der Waals surface area contributed by atoms with Gasteiger partial charge in [0.2, 0.25) is 5.91 Å². The van der Waals surface area contributed by atoms with Crippen molar-refractivity contribution < 1.29 is 4.79 Å². The third kappa shape index (κ3) is 2.72. The van der Waals surface area contributed by atoms with Crippen LogP contribution in [0.4, 0.5) is 0 Å². The van der Waals surface area contributed by atoms with E-state index in [1.165, 1.54) is 19.3 Å². The van der Waals surface area contributed by atoms with Crippen LogP contribution in [0.1, 0.15) is 44.2 Å². The summed E-state index contributed by atoms with van der Waals surface area (Å²) in [4.78, 5) is 12.0. The minimum atomic E-state index is -0.555. The molecule has 3 nitrogen and oxygen atoms in total. The molecule has 0 spiro atoms. The van der Waals surface area contributed by atoms with Gasteiger partial charge < -0.3 is 11.1 Å². The Morgan fingerprint density at radius 3 is 2.56 bits per heavy atom. The van der Waals surface area contributed by atoms with Crippen LogP contribution >= 0.6 is 0 Å². The molecule has 0 radical (unpaired) electrons. The van der Waals surface area contributed by atoms with E-state index < -0.39 is 6.04 Å². The molecule has 0 unspecified atom stereocenters. The smallest absolute Gasteiger partial charge is 0.241 e. The van der Waals surface area contributed by atoms with E-state index in [1.54, 1.807) is 0 Å². The monoisotopic (exact) mass is 246 g/mol. The Balaban J connectivity index is 1.88. The molecule has 1 aromatic carbocycles. The number of rotatable bonds is 5. The summed E-state index contributed by atoms with van der Waals surface area (Å²) in [6.45, 7) is 2.96. The number of amides is 1. The average molecular weight is 246 g/mol. The molecule has 0 aromatic heterocycles. The molecule has 1 aliphatic rings. The van der Waals surface area contributed by atoms with Crippen molar-refractivity contribution >= 4 is 5.91 Å². The molecule has 1 amide bonds. The molecule has 3 N–H and O–H groups in total. The molecule has 98 valence electrons. The highest BCUT2D eigenvalue weighted by molar-refractivity contribution is 5.82. The second-order valence-electron chi connectivity index (χ2n) is 5.31. The first-order valence-electron chi connectivity index (χ1n) is 6.75. The summed E-state index contributed by atoms with van der Waals surface area (Å²) in [5, 5.41) is 3.01. The highest BCUT2D eigenvalue weighted by atomic mass is 16.2. The van der Waals surface area contributed by atoms with Crippen LogP contribution in [0.5, 0.6) is 0 Å². The van der Waals surface area contributed by atoms with Gasteiger partial charge in [-0.1, -0.05) is 43.7 Å². The van der Waals surface area contributed by atoms with Gasteiger partial charge in [0.25, 0.3) is 0 Å². The summed E-state index contributed by atoms with van der Waals surface area (Å²) >= 11 is 0. The van der Waals surface area contributed by atoms with Gasteiger partial charge in [-0.25, -0.2) is 0 Å². The highest BCUT2D eigenvalue weighted by Crippen LogP contribution is 2.43. The van der Waals surface area contributed by atoms with E-state index in [0.29, 0.717) is 5.41 Å². The van der Waals surface area contributed by atoms with Gasteiger partial charge in [-0.05, 0) is 30.2 Å². The molecule has 2 rings (SSSR count). The van der Waals surface area contributed by atoms with Crippen LogP contribution < -0.4 is 11.1 Å². The number of nitrogens with one attached hydrogen (secondary N) is 1. The Morgan fingerprint density at radius 2 is 2.06 bits per heavy atom. The van der Waals surface area contributed by atoms with E-state index in [1.807, 2.05) is 30.3 Å². The molecule has 0 aliphatic heterocycles. The molecule has 1 saturated carbocycles. The average Bonchev–Trinajstić information content (AvgIpc) is 2.38. The van der Waals surface area contributed by atoms with Crippen molar-refractivity contribution in [2.75, 3.05) is 6.54 Å². The predicted octanol–water partition coefficient (Wildman–Crippen LogP) is 2.38. The molecule has 3 heteroatoms. The topological polar surface area (TPSA) is 55.1 Å². The molecule has 1 aliphatic carbocycles. The van der Waals surface area contributed by atoms with Crippen LogP contribution in [-0.4, -0.2) is 12.5 Å². The quantitative estimate of drug-likeness (QED) is 0.838. The minimum Gasteiger partial charge on any atom is -0.354 e. The summed E-state index contributed by atoms with van der Waals surface area (Å²) in [6.07, 6.45) is 4.87. The maximum atomic E-state index is 12.0. The van der Waals surface area contributed by atoms with Crippen LogP contribution in [0.25, 0.3) is 0 Å². The molecule has 1 fully saturated rings. The zero-order valence-electron chi connectivity index (χ0n) is 11.0. The summed E-state index contributed by atoms with van der Waals surface area (Å²) in [6, 6.07) is 8.96. The molecule has 18 heavy (non-hydrogen) atoms. The van der Waals surface area contributed by atoms with E-state index in [9.17, 15) is 4.79 Å². The Morgan fingerprint density at radius 1 is 1.39 bits per heavy atom. The number of nitrogens with two attached hydrogens (primary N) is 1. The maximum Gasteiger partial charge on any atom is 0.241 e. The molecule has 1 aromatic rings. The summed E-state index contributed by atoms with van der Waals surface area (Å²) < 4.78 is 0. The standard InChI is InChI=1S/C15H22N2O/c1-2-15(9-6-10-15)11-17-14(18)13(16)12-7-4-3-5-8-12/h3-5,7-8,13H,2,6,9-11,16H2,1H3,(H,17,18)/t13-/m1/s1. The lowest BCUT2D eigenvalue weighted by Gasteiger charge is -2.41. The van der Waals surface area contributed by atoms with Crippen LogP contribution in [0.3, 0.4) is 0 Å². The summed E-state index contributed by atoms with van der Waals surface area (Å²) in [7, 11) is 0. The number of hydrogen-bond acceptors (Lipinski definition) is 2. The second-order valence-corrected chi connectivity index (χ2v) is 5.31. The van der Waals surface area contributed by atoms with Crippen molar-refractivity contribution in [3.8, 4) is 0 Å². The second kappa shape index (κ2) is 5.53. The van der Waals surface area contributed by atoms with Crippen molar-refractivity contribution in [2.24, 2.45) is 11.1 Å². The Bertz CT molecular complexity index is 393. The molecule has 0 bridgehead atoms. The highest BCUT2D eigenvalue weighted by Gasteiger charge is 2.35. The SMILES string of the molecule is CCC1(CNC(=O)[C@H](N)c2ccccc2)CCC1. The van der Waals surface area contributed by atoms with Gasteiger partial charge in [0.05, 0.1) is 0 Å². The van der Waals surface area contributed by atoms with E-state index in [-0.39, 0.29) is 5.91 Å². The van der Waals surface area contributed by atoms with Gasteiger partial charge in [0, 0.05) is 6.54 Å². The summed E-state index contributed by atoms with van der Waals surface area (Å²) in [5.74, 6) is -0.0686. The lowest BCUT2D eigenvalue weighted by molar-refractivity contribution is -0.123. The Labute approximate surface area is 109 Å². The number of hydrogen-bond donors (Lipinski definition) is 2. The van der Waals surface area contributed by atoms with Crippen molar-refractivity contribution in [1.82, 2.24) is 5.32 Å². The largest absolute Gasteiger partial charge is 0.354 e. The number of carbonyl (C=O) groups is 1. The van der Waals surface area contributed by atoms with Crippen LogP contribution in [0.2, 0.25) is 0 Å². The van der Waals surface area contributed by atoms with Crippen LogP contribution in [-0.2, 0) is 4.79 Å². The first-order chi connectivity index (χ1) is 8.67. The van der Waals surface area contributed by atoms with Gasteiger partial charge in [0.15, 0.2) is 0 Å². The van der Waals surface area contributed by atoms with Gasteiger partial charge in [-0.15, -0.1) is 0 Å². The van der Waals surface area contributed by atoms with Crippen LogP contribution in [0.15, 0.2) is 30.3 Å². The lowest BCUT2D eigenvalue weighted by atomic mass is 9.67. The fourth-order valence-electron chi connectivity index (χ4n) is 2.53. The van der Waals surface area contributed by atoms with E-state index >= 15 is 0 Å². The zero-order valence-corrected chi connectivity index (χ0v) is 11.0. The molecule has 0 heterocycles. The van der Waals surface area contributed by atoms with Gasteiger partial charge in [0.1, 0.15) is 6.04 Å². The number of carbonyl (C=O) groups excluding carboxylic acids is 1. The minimum absolute atomic E-state index is 0.0686. The van der Waals surface area contributed by atoms with Gasteiger partial charge in [-0.3, -0.25) is 4.79 Å². The third-order valence-electron chi connectivity index (χ3n) is 4.24. The first kappa shape index (κ1) is 13.1.